The van der Waals surface area contributed by atoms with Crippen molar-refractivity contribution in [3.63, 3.8) is 0 Å². The van der Waals surface area contributed by atoms with E-state index in [-0.39, 0.29) is 23.7 Å². The summed E-state index contributed by atoms with van der Waals surface area (Å²) in [6.45, 7) is 1.09. The topological polar surface area (TPSA) is 87.8 Å². The Morgan fingerprint density at radius 2 is 1.79 bits per heavy atom. The van der Waals surface area contributed by atoms with Gasteiger partial charge in [-0.25, -0.2) is 9.37 Å². The van der Waals surface area contributed by atoms with E-state index in [4.69, 9.17) is 0 Å². The minimum atomic E-state index is -0.723. The molecule has 1 aromatic heterocycles. The monoisotopic (exact) mass is 394 g/mol. The number of nitrogens with zero attached hydrogens (tertiary/aromatic N) is 4. The molecule has 2 aromatic carbocycles. The molecule has 0 spiro atoms. The van der Waals surface area contributed by atoms with Crippen LogP contribution in [0.5, 0.6) is 0 Å². The van der Waals surface area contributed by atoms with Gasteiger partial charge in [0, 0.05) is 24.0 Å². The fourth-order valence-electron chi connectivity index (χ4n) is 3.64. The predicted molar refractivity (Wildman–Crippen MR) is 105 cm³/mol. The molecule has 1 amide bonds. The van der Waals surface area contributed by atoms with Crippen molar-refractivity contribution in [2.75, 3.05) is 13.1 Å². The van der Waals surface area contributed by atoms with Crippen LogP contribution in [0.1, 0.15) is 12.8 Å². The van der Waals surface area contributed by atoms with Crippen LogP contribution < -0.4 is 11.0 Å². The Morgan fingerprint density at radius 1 is 1.10 bits per heavy atom. The highest BCUT2D eigenvalue weighted by Crippen LogP contribution is 2.26. The van der Waals surface area contributed by atoms with Crippen molar-refractivity contribution in [2.45, 2.75) is 19.4 Å². The van der Waals surface area contributed by atoms with E-state index in [0.29, 0.717) is 24.0 Å². The molecule has 3 aromatic rings. The second-order valence-corrected chi connectivity index (χ2v) is 6.86. The van der Waals surface area contributed by atoms with Crippen LogP contribution in [0.15, 0.2) is 58.5 Å². The van der Waals surface area contributed by atoms with Crippen molar-refractivity contribution in [3.05, 3.63) is 70.2 Å². The third kappa shape index (κ3) is 3.49. The summed E-state index contributed by atoms with van der Waals surface area (Å²) < 4.78 is 15.7. The summed E-state index contributed by atoms with van der Waals surface area (Å²) in [5.74, 6) is -0.718. The maximum absolute atomic E-state index is 14.5. The molecule has 4 rings (SSSR count). The van der Waals surface area contributed by atoms with E-state index in [9.17, 15) is 19.2 Å². The van der Waals surface area contributed by atoms with E-state index in [1.165, 1.54) is 16.7 Å². The predicted octanol–water partition coefficient (Wildman–Crippen LogP) is 2.11. The van der Waals surface area contributed by atoms with Crippen molar-refractivity contribution in [2.24, 2.45) is 5.16 Å². The molecule has 0 unspecified atom stereocenters. The van der Waals surface area contributed by atoms with Crippen molar-refractivity contribution in [3.8, 4) is 11.3 Å². The lowest BCUT2D eigenvalue weighted by atomic mass is 10.1. The highest BCUT2D eigenvalue weighted by Gasteiger charge is 2.21. The van der Waals surface area contributed by atoms with Crippen LogP contribution in [0.2, 0.25) is 0 Å². The fourth-order valence-corrected chi connectivity index (χ4v) is 3.64. The number of hydrogen-bond donors (Lipinski definition) is 1. The molecule has 0 radical (unpaired) electrons. The normalized spacial score (nSPS) is 14.5. The van der Waals surface area contributed by atoms with Gasteiger partial charge in [0.15, 0.2) is 0 Å². The largest absolute Gasteiger partial charge is 0.409 e. The zero-order chi connectivity index (χ0) is 20.4. The van der Waals surface area contributed by atoms with Gasteiger partial charge in [0.2, 0.25) is 5.91 Å². The molecule has 0 bridgehead atoms. The fraction of sp³-hybridized carbons (Fsp3) is 0.238. The molecule has 1 fully saturated rings. The number of rotatable bonds is 3. The Hall–Kier alpha value is -3.55. The lowest BCUT2D eigenvalue weighted by Crippen LogP contribution is -2.39. The molecule has 1 saturated heterocycles. The zero-order valence-corrected chi connectivity index (χ0v) is 15.6. The van der Waals surface area contributed by atoms with Crippen LogP contribution in [-0.4, -0.2) is 38.7 Å². The summed E-state index contributed by atoms with van der Waals surface area (Å²) in [6.07, 6.45) is 1.86. The number of likely N-dealkylation sites (tertiary alicyclic amines) is 1. The van der Waals surface area contributed by atoms with Gasteiger partial charge in [-0.05, 0) is 31.0 Å². The summed E-state index contributed by atoms with van der Waals surface area (Å²) in [5.41, 5.74) is -0.490. The summed E-state index contributed by atoms with van der Waals surface area (Å²) in [4.78, 5) is 31.6. The van der Waals surface area contributed by atoms with Crippen LogP contribution in [0.3, 0.4) is 0 Å². The highest BCUT2D eigenvalue weighted by molar-refractivity contribution is 5.92. The summed E-state index contributed by atoms with van der Waals surface area (Å²) in [5, 5.41) is 12.9. The van der Waals surface area contributed by atoms with Gasteiger partial charge in [-0.2, -0.15) is 0 Å². The Morgan fingerprint density at radius 3 is 2.52 bits per heavy atom. The summed E-state index contributed by atoms with van der Waals surface area (Å²) >= 11 is 0. The maximum atomic E-state index is 14.5. The Kier molecular flexibility index (Phi) is 5.07. The molecule has 29 heavy (non-hydrogen) atoms. The van der Waals surface area contributed by atoms with Crippen molar-refractivity contribution in [1.29, 1.82) is 0 Å². The quantitative estimate of drug-likeness (QED) is 0.544. The standard InChI is InChI=1S/C21H19FN4O3/c22-16-9-3-1-7-14(16)19-15-8-2-4-10-17(15)26(21(28)20(23-19)24-29)13-18(27)25-11-5-6-12-25/h1-4,7-10,29H,5-6,11-13H2. The number of fused-ring (bicyclic) bond motifs is 1. The molecule has 7 nitrogen and oxygen atoms in total. The van der Waals surface area contributed by atoms with Gasteiger partial charge < -0.3 is 10.1 Å². The molecular formula is C21H19FN4O3. The molecule has 0 atom stereocenters. The van der Waals surface area contributed by atoms with Crippen molar-refractivity contribution >= 4 is 16.8 Å². The van der Waals surface area contributed by atoms with E-state index in [0.717, 1.165) is 12.8 Å². The molecular weight excluding hydrogens is 375 g/mol. The number of benzene rings is 2. The Balaban J connectivity index is 2.02. The summed E-state index contributed by atoms with van der Waals surface area (Å²) in [6, 6.07) is 12.9. The third-order valence-electron chi connectivity index (χ3n) is 5.08. The van der Waals surface area contributed by atoms with Gasteiger partial charge in [0.05, 0.1) is 11.2 Å². The molecule has 1 N–H and O–H groups in total. The van der Waals surface area contributed by atoms with Gasteiger partial charge in [-0.3, -0.25) is 14.2 Å². The van der Waals surface area contributed by atoms with E-state index in [1.807, 2.05) is 0 Å². The molecule has 0 aliphatic carbocycles. The van der Waals surface area contributed by atoms with Gasteiger partial charge in [0.1, 0.15) is 12.4 Å². The number of carbonyl (C=O) groups excluding carboxylic acids is 1. The lowest BCUT2D eigenvalue weighted by Gasteiger charge is -2.16. The van der Waals surface area contributed by atoms with E-state index < -0.39 is 16.9 Å². The smallest absolute Gasteiger partial charge is 0.300 e. The van der Waals surface area contributed by atoms with Crippen LogP contribution in [0, 0.1) is 5.82 Å². The molecule has 1 aliphatic heterocycles. The van der Waals surface area contributed by atoms with E-state index >= 15 is 0 Å². The zero-order valence-electron chi connectivity index (χ0n) is 15.6. The number of halogens is 1. The van der Waals surface area contributed by atoms with Crippen molar-refractivity contribution < 1.29 is 14.4 Å². The average molecular weight is 394 g/mol. The molecule has 0 saturated carbocycles. The number of carbonyl (C=O) groups is 1. The molecule has 2 heterocycles. The number of aromatic nitrogens is 2. The number of amides is 1. The minimum absolute atomic E-state index is 0.163. The minimum Gasteiger partial charge on any atom is -0.409 e. The van der Waals surface area contributed by atoms with Crippen LogP contribution in [0.25, 0.3) is 22.2 Å². The number of para-hydroxylation sites is 1. The van der Waals surface area contributed by atoms with Gasteiger partial charge in [-0.15, -0.1) is 0 Å². The van der Waals surface area contributed by atoms with Crippen LogP contribution in [-0.2, 0) is 11.3 Å². The second kappa shape index (κ2) is 7.83. The number of hydrogen-bond acceptors (Lipinski definition) is 5. The highest BCUT2D eigenvalue weighted by atomic mass is 19.1. The van der Waals surface area contributed by atoms with Gasteiger partial charge in [-0.1, -0.05) is 35.5 Å². The van der Waals surface area contributed by atoms with E-state index in [2.05, 4.69) is 10.1 Å². The average Bonchev–Trinajstić information content (AvgIpc) is 3.25. The van der Waals surface area contributed by atoms with E-state index in [1.54, 1.807) is 41.3 Å². The first-order valence-electron chi connectivity index (χ1n) is 9.35. The van der Waals surface area contributed by atoms with Gasteiger partial charge >= 0.3 is 0 Å². The molecule has 8 heteroatoms. The van der Waals surface area contributed by atoms with Gasteiger partial charge in [0.25, 0.3) is 11.0 Å². The van der Waals surface area contributed by atoms with Crippen LogP contribution >= 0.6 is 0 Å². The second-order valence-electron chi connectivity index (χ2n) is 6.86. The van der Waals surface area contributed by atoms with Crippen molar-refractivity contribution in [1.82, 2.24) is 14.5 Å². The lowest BCUT2D eigenvalue weighted by molar-refractivity contribution is -0.130. The first-order chi connectivity index (χ1) is 14.1. The first-order valence-corrected chi connectivity index (χ1v) is 9.35. The first kappa shape index (κ1) is 18.8. The molecule has 148 valence electrons. The Labute approximate surface area is 165 Å². The SMILES string of the molecule is O=C(Cn1c(=O)c(=NO)nc(-c2ccccc2F)c2ccccc21)N1CCCC1. The van der Waals surface area contributed by atoms with Crippen LogP contribution in [0.4, 0.5) is 4.39 Å². The third-order valence-corrected chi connectivity index (χ3v) is 5.08. The summed E-state index contributed by atoms with van der Waals surface area (Å²) in [7, 11) is 0. The Bertz CT molecular complexity index is 1220. The maximum Gasteiger partial charge on any atom is 0.300 e. The molecule has 1 aliphatic rings.